The molecule has 0 aliphatic carbocycles. The summed E-state index contributed by atoms with van der Waals surface area (Å²) in [6.45, 7) is 8.24. The summed E-state index contributed by atoms with van der Waals surface area (Å²) in [5.41, 5.74) is 1.96. The predicted molar refractivity (Wildman–Crippen MR) is 130 cm³/mol. The lowest BCUT2D eigenvalue weighted by Crippen LogP contribution is -2.38. The lowest BCUT2D eigenvalue weighted by atomic mass is 10.1. The standard InChI is InChI=1S/C26H29F2N5O2/c1-16(2)33-8-9-35-25-20(27)10-17(11-22(25)33)24-21(28)14-30-23(31-24)12-18-4-5-19(13-29-18)32-7-6-26(3,34)15-32/h4-5,10-11,13-14,16,34H,6-9,12,15H2,1-3H3. The van der Waals surface area contributed by atoms with Crippen LogP contribution in [-0.4, -0.2) is 57.9 Å². The van der Waals surface area contributed by atoms with Gasteiger partial charge in [-0.3, -0.25) is 4.98 Å². The Bertz CT molecular complexity index is 1230. The van der Waals surface area contributed by atoms with Crippen LogP contribution in [0.15, 0.2) is 36.7 Å². The minimum atomic E-state index is -0.689. The van der Waals surface area contributed by atoms with Gasteiger partial charge >= 0.3 is 0 Å². The van der Waals surface area contributed by atoms with Gasteiger partial charge in [-0.15, -0.1) is 0 Å². The third kappa shape index (κ3) is 4.77. The van der Waals surface area contributed by atoms with Gasteiger partial charge < -0.3 is 19.6 Å². The van der Waals surface area contributed by atoms with Crippen molar-refractivity contribution in [2.75, 3.05) is 36.0 Å². The first-order chi connectivity index (χ1) is 16.7. The summed E-state index contributed by atoms with van der Waals surface area (Å²) in [6, 6.07) is 6.96. The highest BCUT2D eigenvalue weighted by atomic mass is 19.1. The van der Waals surface area contributed by atoms with Crippen molar-refractivity contribution < 1.29 is 18.6 Å². The Labute approximate surface area is 203 Å². The van der Waals surface area contributed by atoms with Crippen LogP contribution in [0.3, 0.4) is 0 Å². The highest BCUT2D eigenvalue weighted by Crippen LogP contribution is 2.39. The van der Waals surface area contributed by atoms with Crippen molar-refractivity contribution in [1.82, 2.24) is 15.0 Å². The number of β-amino-alcohol motifs (C(OH)–C–C–N with tert-alkyl or cyclic N) is 1. The number of benzene rings is 1. The molecule has 184 valence electrons. The number of rotatable bonds is 5. The SMILES string of the molecule is CC(C)N1CCOc2c(F)cc(-c3nc(Cc4ccc(N5CCC(C)(O)C5)cn4)ncc3F)cc21. The van der Waals surface area contributed by atoms with E-state index in [4.69, 9.17) is 4.74 Å². The molecule has 2 aromatic heterocycles. The Morgan fingerprint density at radius 3 is 2.63 bits per heavy atom. The Morgan fingerprint density at radius 2 is 1.94 bits per heavy atom. The molecule has 1 saturated heterocycles. The lowest BCUT2D eigenvalue weighted by molar-refractivity contribution is 0.0839. The number of aliphatic hydroxyl groups is 1. The van der Waals surface area contributed by atoms with Gasteiger partial charge in [0, 0.05) is 30.4 Å². The molecule has 0 bridgehead atoms. The maximum Gasteiger partial charge on any atom is 0.178 e. The molecule has 0 amide bonds. The fourth-order valence-electron chi connectivity index (χ4n) is 4.70. The van der Waals surface area contributed by atoms with E-state index in [2.05, 4.69) is 19.9 Å². The molecule has 2 aliphatic heterocycles. The van der Waals surface area contributed by atoms with Crippen molar-refractivity contribution in [3.8, 4) is 17.0 Å². The van der Waals surface area contributed by atoms with E-state index < -0.39 is 17.2 Å². The molecule has 1 unspecified atom stereocenters. The molecule has 35 heavy (non-hydrogen) atoms. The highest BCUT2D eigenvalue weighted by molar-refractivity contribution is 5.72. The topological polar surface area (TPSA) is 74.6 Å². The van der Waals surface area contributed by atoms with Crippen LogP contribution < -0.4 is 14.5 Å². The summed E-state index contributed by atoms with van der Waals surface area (Å²) in [6.07, 6.45) is 3.90. The molecule has 1 atom stereocenters. The van der Waals surface area contributed by atoms with Gasteiger partial charge in [-0.2, -0.15) is 0 Å². The average Bonchev–Trinajstić information content (AvgIpc) is 3.20. The minimum Gasteiger partial charge on any atom is -0.486 e. The number of aromatic nitrogens is 3. The molecular weight excluding hydrogens is 452 g/mol. The summed E-state index contributed by atoms with van der Waals surface area (Å²) in [5.74, 6) is -0.584. The van der Waals surface area contributed by atoms with Crippen molar-refractivity contribution in [2.45, 2.75) is 45.3 Å². The number of hydrogen-bond donors (Lipinski definition) is 1. The zero-order valence-electron chi connectivity index (χ0n) is 20.1. The average molecular weight is 482 g/mol. The molecule has 1 N–H and O–H groups in total. The maximum absolute atomic E-state index is 14.9. The van der Waals surface area contributed by atoms with E-state index in [0.29, 0.717) is 49.6 Å². The van der Waals surface area contributed by atoms with Crippen LogP contribution in [0.4, 0.5) is 20.2 Å². The van der Waals surface area contributed by atoms with Gasteiger partial charge in [-0.05, 0) is 51.5 Å². The highest BCUT2D eigenvalue weighted by Gasteiger charge is 2.31. The molecule has 7 nitrogen and oxygen atoms in total. The quantitative estimate of drug-likeness (QED) is 0.591. The molecule has 0 saturated carbocycles. The van der Waals surface area contributed by atoms with E-state index in [1.54, 1.807) is 12.3 Å². The van der Waals surface area contributed by atoms with Crippen molar-refractivity contribution in [2.24, 2.45) is 0 Å². The molecule has 2 aliphatic rings. The van der Waals surface area contributed by atoms with Crippen LogP contribution in [0.1, 0.15) is 38.7 Å². The molecule has 9 heteroatoms. The molecule has 1 aromatic carbocycles. The van der Waals surface area contributed by atoms with E-state index in [0.717, 1.165) is 24.1 Å². The monoisotopic (exact) mass is 481 g/mol. The van der Waals surface area contributed by atoms with E-state index in [9.17, 15) is 13.9 Å². The summed E-state index contributed by atoms with van der Waals surface area (Å²) < 4.78 is 35.2. The summed E-state index contributed by atoms with van der Waals surface area (Å²) in [4.78, 5) is 17.2. The van der Waals surface area contributed by atoms with Crippen LogP contribution in [0.5, 0.6) is 5.75 Å². The first kappa shape index (κ1) is 23.4. The second kappa shape index (κ2) is 9.03. The zero-order valence-corrected chi connectivity index (χ0v) is 20.1. The van der Waals surface area contributed by atoms with Gasteiger partial charge in [-0.25, -0.2) is 18.7 Å². The molecule has 5 rings (SSSR count). The summed E-state index contributed by atoms with van der Waals surface area (Å²) >= 11 is 0. The molecule has 0 spiro atoms. The second-order valence-corrected chi connectivity index (χ2v) is 9.78. The number of halogens is 2. The Kier molecular flexibility index (Phi) is 6.04. The van der Waals surface area contributed by atoms with Gasteiger partial charge in [0.05, 0.1) is 42.3 Å². The van der Waals surface area contributed by atoms with E-state index in [1.165, 1.54) is 6.07 Å². The first-order valence-corrected chi connectivity index (χ1v) is 11.9. The maximum atomic E-state index is 14.9. The lowest BCUT2D eigenvalue weighted by Gasteiger charge is -2.34. The molecular formula is C26H29F2N5O2. The largest absolute Gasteiger partial charge is 0.486 e. The van der Waals surface area contributed by atoms with Crippen LogP contribution >= 0.6 is 0 Å². The number of nitrogens with zero attached hydrogens (tertiary/aromatic N) is 5. The van der Waals surface area contributed by atoms with Gasteiger partial charge in [-0.1, -0.05) is 0 Å². The van der Waals surface area contributed by atoms with Crippen LogP contribution in [-0.2, 0) is 6.42 Å². The Balaban J connectivity index is 1.40. The summed E-state index contributed by atoms with van der Waals surface area (Å²) in [7, 11) is 0. The third-order valence-corrected chi connectivity index (χ3v) is 6.57. The van der Waals surface area contributed by atoms with Crippen molar-refractivity contribution in [3.63, 3.8) is 0 Å². The number of fused-ring (bicyclic) bond motifs is 1. The number of pyridine rings is 1. The van der Waals surface area contributed by atoms with Crippen LogP contribution in [0.25, 0.3) is 11.3 Å². The molecule has 0 radical (unpaired) electrons. The summed E-state index contributed by atoms with van der Waals surface area (Å²) in [5, 5.41) is 10.2. The first-order valence-electron chi connectivity index (χ1n) is 11.9. The van der Waals surface area contributed by atoms with Gasteiger partial charge in [0.1, 0.15) is 18.1 Å². The number of anilines is 2. The fourth-order valence-corrected chi connectivity index (χ4v) is 4.70. The number of hydrogen-bond acceptors (Lipinski definition) is 7. The van der Waals surface area contributed by atoms with Crippen molar-refractivity contribution in [1.29, 1.82) is 0 Å². The van der Waals surface area contributed by atoms with Crippen LogP contribution in [0.2, 0.25) is 0 Å². The minimum absolute atomic E-state index is 0.0434. The van der Waals surface area contributed by atoms with Gasteiger partial charge in [0.25, 0.3) is 0 Å². The van der Waals surface area contributed by atoms with Crippen LogP contribution in [0, 0.1) is 11.6 Å². The van der Waals surface area contributed by atoms with E-state index in [1.807, 2.05) is 37.8 Å². The Morgan fingerprint density at radius 1 is 1.11 bits per heavy atom. The fraction of sp³-hybridized carbons (Fsp3) is 0.423. The normalized spacial score (nSPS) is 19.7. The molecule has 3 aromatic rings. The smallest absolute Gasteiger partial charge is 0.178 e. The van der Waals surface area contributed by atoms with Gasteiger partial charge in [0.15, 0.2) is 17.4 Å². The number of ether oxygens (including phenoxy) is 1. The molecule has 1 fully saturated rings. The van der Waals surface area contributed by atoms with Gasteiger partial charge in [0.2, 0.25) is 0 Å². The molecule has 4 heterocycles. The second-order valence-electron chi connectivity index (χ2n) is 9.78. The van der Waals surface area contributed by atoms with E-state index >= 15 is 0 Å². The van der Waals surface area contributed by atoms with E-state index in [-0.39, 0.29) is 17.5 Å². The van der Waals surface area contributed by atoms with Crippen molar-refractivity contribution >= 4 is 11.4 Å². The third-order valence-electron chi connectivity index (χ3n) is 6.57. The zero-order chi connectivity index (χ0) is 24.7. The van der Waals surface area contributed by atoms with Crippen molar-refractivity contribution in [3.05, 3.63) is 59.8 Å². The Hall–Kier alpha value is -3.33. The predicted octanol–water partition coefficient (Wildman–Crippen LogP) is 3.98.